The van der Waals surface area contributed by atoms with Crippen LogP contribution in [0.3, 0.4) is 0 Å². The zero-order valence-corrected chi connectivity index (χ0v) is 16.3. The van der Waals surface area contributed by atoms with Crippen molar-refractivity contribution in [3.8, 4) is 0 Å². The Bertz CT molecular complexity index is 731. The van der Waals surface area contributed by atoms with E-state index in [9.17, 15) is 9.59 Å². The zero-order chi connectivity index (χ0) is 19.5. The number of rotatable bonds is 5. The maximum atomic E-state index is 12.5. The maximum absolute atomic E-state index is 12.5. The van der Waals surface area contributed by atoms with Crippen LogP contribution in [0.25, 0.3) is 0 Å². The lowest BCUT2D eigenvalue weighted by Gasteiger charge is -2.35. The standard InChI is InChI=1S/C20H28N6O2/c1-14(18(27)23-13-17-12-15-3-4-16(17)11-15)24-20(28)26-9-7-25(8-10-26)19-21-5-2-6-22-19/h2-6,14-17H,7-13H2,1H3,(H,23,27)(H,24,28)/t14-,15-,16-,17-/m0/s1. The van der Waals surface area contributed by atoms with E-state index < -0.39 is 6.04 Å². The van der Waals surface area contributed by atoms with Crippen molar-refractivity contribution >= 4 is 17.9 Å². The Kier molecular flexibility index (Phi) is 5.45. The van der Waals surface area contributed by atoms with Crippen molar-refractivity contribution in [2.24, 2.45) is 17.8 Å². The summed E-state index contributed by atoms with van der Waals surface area (Å²) in [5, 5.41) is 5.84. The van der Waals surface area contributed by atoms with Crippen molar-refractivity contribution in [2.75, 3.05) is 37.6 Å². The van der Waals surface area contributed by atoms with Crippen LogP contribution in [0.2, 0.25) is 0 Å². The van der Waals surface area contributed by atoms with E-state index in [0.717, 1.165) is 6.42 Å². The highest BCUT2D eigenvalue weighted by Gasteiger charge is 2.35. The van der Waals surface area contributed by atoms with Gasteiger partial charge in [0.1, 0.15) is 6.04 Å². The van der Waals surface area contributed by atoms with Gasteiger partial charge < -0.3 is 20.4 Å². The number of fused-ring (bicyclic) bond motifs is 2. The Morgan fingerprint density at radius 3 is 2.54 bits per heavy atom. The Morgan fingerprint density at radius 1 is 1.14 bits per heavy atom. The molecule has 2 N–H and O–H groups in total. The largest absolute Gasteiger partial charge is 0.354 e. The number of amides is 3. The van der Waals surface area contributed by atoms with E-state index in [1.165, 1.54) is 6.42 Å². The van der Waals surface area contributed by atoms with Crippen LogP contribution in [0, 0.1) is 17.8 Å². The van der Waals surface area contributed by atoms with Crippen LogP contribution in [0.1, 0.15) is 19.8 Å². The highest BCUT2D eigenvalue weighted by atomic mass is 16.2. The minimum absolute atomic E-state index is 0.114. The van der Waals surface area contributed by atoms with Gasteiger partial charge in [0.2, 0.25) is 11.9 Å². The fourth-order valence-electron chi connectivity index (χ4n) is 4.42. The average Bonchev–Trinajstić information content (AvgIpc) is 3.36. The van der Waals surface area contributed by atoms with E-state index in [-0.39, 0.29) is 11.9 Å². The number of allylic oxidation sites excluding steroid dienone is 2. The van der Waals surface area contributed by atoms with Crippen LogP contribution in [0.5, 0.6) is 0 Å². The molecule has 2 fully saturated rings. The van der Waals surface area contributed by atoms with Gasteiger partial charge in [0, 0.05) is 45.1 Å². The average molecular weight is 384 g/mol. The lowest BCUT2D eigenvalue weighted by atomic mass is 9.93. The minimum atomic E-state index is -0.544. The molecule has 3 aliphatic rings. The van der Waals surface area contributed by atoms with E-state index in [2.05, 4.69) is 37.7 Å². The molecule has 1 saturated heterocycles. The number of hydrogen-bond donors (Lipinski definition) is 2. The molecule has 3 amide bonds. The van der Waals surface area contributed by atoms with Gasteiger partial charge in [-0.3, -0.25) is 4.79 Å². The number of aromatic nitrogens is 2. The molecule has 2 heterocycles. The third kappa shape index (κ3) is 4.10. The highest BCUT2D eigenvalue weighted by Crippen LogP contribution is 2.42. The summed E-state index contributed by atoms with van der Waals surface area (Å²) in [4.78, 5) is 37.2. The molecule has 0 radical (unpaired) electrons. The van der Waals surface area contributed by atoms with Crippen molar-refractivity contribution in [1.29, 1.82) is 0 Å². The molecule has 8 heteroatoms. The predicted molar refractivity (Wildman–Crippen MR) is 106 cm³/mol. The summed E-state index contributed by atoms with van der Waals surface area (Å²) >= 11 is 0. The second kappa shape index (κ2) is 8.16. The Hall–Kier alpha value is -2.64. The first kappa shape index (κ1) is 18.7. The lowest BCUT2D eigenvalue weighted by molar-refractivity contribution is -0.122. The van der Waals surface area contributed by atoms with Gasteiger partial charge in [-0.1, -0.05) is 12.2 Å². The highest BCUT2D eigenvalue weighted by molar-refractivity contribution is 5.86. The van der Waals surface area contributed by atoms with Crippen LogP contribution in [0.4, 0.5) is 10.7 Å². The zero-order valence-electron chi connectivity index (χ0n) is 16.3. The molecule has 28 heavy (non-hydrogen) atoms. The van der Waals surface area contributed by atoms with E-state index in [1.807, 2.05) is 0 Å². The number of carbonyl (C=O) groups excluding carboxylic acids is 2. The van der Waals surface area contributed by atoms with Crippen LogP contribution in [-0.4, -0.2) is 65.6 Å². The van der Waals surface area contributed by atoms with Gasteiger partial charge in [-0.2, -0.15) is 0 Å². The molecular formula is C20H28N6O2. The van der Waals surface area contributed by atoms with Crippen LogP contribution >= 0.6 is 0 Å². The molecule has 1 aromatic heterocycles. The van der Waals surface area contributed by atoms with E-state index >= 15 is 0 Å². The van der Waals surface area contributed by atoms with Gasteiger partial charge in [-0.05, 0) is 43.6 Å². The molecule has 150 valence electrons. The predicted octanol–water partition coefficient (Wildman–Crippen LogP) is 1.03. The topological polar surface area (TPSA) is 90.5 Å². The normalized spacial score (nSPS) is 27.0. The molecule has 0 aromatic carbocycles. The number of anilines is 1. The molecule has 0 spiro atoms. The molecule has 2 aliphatic carbocycles. The summed E-state index contributed by atoms with van der Waals surface area (Å²) < 4.78 is 0. The Balaban J connectivity index is 1.19. The van der Waals surface area contributed by atoms with Crippen molar-refractivity contribution < 1.29 is 9.59 Å². The van der Waals surface area contributed by atoms with Crippen LogP contribution in [-0.2, 0) is 4.79 Å². The van der Waals surface area contributed by atoms with Crippen LogP contribution < -0.4 is 15.5 Å². The molecule has 1 aromatic rings. The summed E-state index contributed by atoms with van der Waals surface area (Å²) in [7, 11) is 0. The number of hydrogen-bond acceptors (Lipinski definition) is 5. The molecule has 1 saturated carbocycles. The van der Waals surface area contributed by atoms with E-state index in [0.29, 0.717) is 56.4 Å². The first-order chi connectivity index (χ1) is 13.6. The monoisotopic (exact) mass is 384 g/mol. The molecule has 4 atom stereocenters. The molecule has 8 nitrogen and oxygen atoms in total. The van der Waals surface area contributed by atoms with Crippen LogP contribution in [0.15, 0.2) is 30.6 Å². The third-order valence-electron chi connectivity index (χ3n) is 6.09. The van der Waals surface area contributed by atoms with Gasteiger partial charge >= 0.3 is 6.03 Å². The SMILES string of the molecule is C[C@H](NC(=O)N1CCN(c2ncccn2)CC1)C(=O)NC[C@@H]1C[C@H]2C=C[C@H]1C2. The summed E-state index contributed by atoms with van der Waals surface area (Å²) in [6.07, 6.45) is 10.4. The number of carbonyl (C=O) groups is 2. The molecule has 4 rings (SSSR count). The summed E-state index contributed by atoms with van der Waals surface area (Å²) in [6.45, 7) is 4.94. The second-order valence-corrected chi connectivity index (χ2v) is 7.98. The molecular weight excluding hydrogens is 356 g/mol. The Labute approximate surface area is 165 Å². The fourth-order valence-corrected chi connectivity index (χ4v) is 4.42. The van der Waals surface area contributed by atoms with Crippen molar-refractivity contribution in [1.82, 2.24) is 25.5 Å². The number of nitrogens with one attached hydrogen (secondary N) is 2. The van der Waals surface area contributed by atoms with Crippen molar-refractivity contribution in [2.45, 2.75) is 25.8 Å². The summed E-state index contributed by atoms with van der Waals surface area (Å²) in [5.74, 6) is 2.42. The fraction of sp³-hybridized carbons (Fsp3) is 0.600. The van der Waals surface area contributed by atoms with Gasteiger partial charge in [0.05, 0.1) is 0 Å². The van der Waals surface area contributed by atoms with Gasteiger partial charge in [-0.25, -0.2) is 14.8 Å². The number of piperazine rings is 1. The molecule has 1 aliphatic heterocycles. The first-order valence-electron chi connectivity index (χ1n) is 10.1. The van der Waals surface area contributed by atoms with Gasteiger partial charge in [0.15, 0.2) is 0 Å². The first-order valence-corrected chi connectivity index (χ1v) is 10.1. The summed E-state index contributed by atoms with van der Waals surface area (Å²) in [6, 6.07) is 1.05. The lowest BCUT2D eigenvalue weighted by Crippen LogP contribution is -2.55. The number of nitrogens with zero attached hydrogens (tertiary/aromatic N) is 4. The maximum Gasteiger partial charge on any atom is 0.318 e. The number of urea groups is 1. The molecule has 0 unspecified atom stereocenters. The quantitative estimate of drug-likeness (QED) is 0.740. The van der Waals surface area contributed by atoms with E-state index in [1.54, 1.807) is 30.3 Å². The second-order valence-electron chi connectivity index (χ2n) is 7.98. The smallest absolute Gasteiger partial charge is 0.318 e. The summed E-state index contributed by atoms with van der Waals surface area (Å²) in [5.41, 5.74) is 0. The molecule has 2 bridgehead atoms. The Morgan fingerprint density at radius 2 is 1.89 bits per heavy atom. The van der Waals surface area contributed by atoms with Crippen molar-refractivity contribution in [3.05, 3.63) is 30.6 Å². The van der Waals surface area contributed by atoms with Gasteiger partial charge in [-0.15, -0.1) is 0 Å². The van der Waals surface area contributed by atoms with Crippen molar-refractivity contribution in [3.63, 3.8) is 0 Å². The minimum Gasteiger partial charge on any atom is -0.354 e. The van der Waals surface area contributed by atoms with E-state index in [4.69, 9.17) is 0 Å². The van der Waals surface area contributed by atoms with Gasteiger partial charge in [0.25, 0.3) is 0 Å². The third-order valence-corrected chi connectivity index (χ3v) is 6.09.